The monoisotopic (exact) mass is 291 g/mol. The molecule has 0 bridgehead atoms. The predicted octanol–water partition coefficient (Wildman–Crippen LogP) is 2.94. The summed E-state index contributed by atoms with van der Waals surface area (Å²) in [7, 11) is 3.54. The van der Waals surface area contributed by atoms with Gasteiger partial charge in [-0.05, 0) is 37.6 Å². The molecule has 21 heavy (non-hydrogen) atoms. The van der Waals surface area contributed by atoms with Crippen LogP contribution in [0.15, 0.2) is 30.5 Å². The number of hydrogen-bond acceptors (Lipinski definition) is 3. The Morgan fingerprint density at radius 2 is 2.24 bits per heavy atom. The molecule has 0 radical (unpaired) electrons. The van der Waals surface area contributed by atoms with Crippen molar-refractivity contribution in [1.29, 1.82) is 0 Å². The summed E-state index contributed by atoms with van der Waals surface area (Å²) >= 11 is 0. The zero-order valence-electron chi connectivity index (χ0n) is 12.8. The quantitative estimate of drug-likeness (QED) is 0.852. The van der Waals surface area contributed by atoms with E-state index in [1.165, 1.54) is 6.07 Å². The molecule has 4 nitrogen and oxygen atoms in total. The molecule has 0 fully saturated rings. The lowest BCUT2D eigenvalue weighted by atomic mass is 10.0. The van der Waals surface area contributed by atoms with Crippen molar-refractivity contribution < 1.29 is 9.13 Å². The molecular weight excluding hydrogens is 269 g/mol. The Morgan fingerprint density at radius 3 is 2.86 bits per heavy atom. The maximum atomic E-state index is 13.3. The Bertz CT molecular complexity index is 583. The van der Waals surface area contributed by atoms with Crippen LogP contribution in [-0.4, -0.2) is 23.9 Å². The molecule has 0 saturated carbocycles. The number of benzene rings is 1. The van der Waals surface area contributed by atoms with Crippen LogP contribution < -0.4 is 10.1 Å². The molecule has 0 aliphatic rings. The average Bonchev–Trinajstić information content (AvgIpc) is 2.88. The van der Waals surface area contributed by atoms with Gasteiger partial charge in [-0.3, -0.25) is 4.68 Å². The van der Waals surface area contributed by atoms with Crippen molar-refractivity contribution >= 4 is 0 Å². The number of aromatic nitrogens is 2. The van der Waals surface area contributed by atoms with Crippen molar-refractivity contribution in [3.63, 3.8) is 0 Å². The summed E-state index contributed by atoms with van der Waals surface area (Å²) in [6.07, 6.45) is 3.41. The second-order valence-electron chi connectivity index (χ2n) is 5.00. The number of methoxy groups -OCH3 is 1. The molecule has 1 aromatic carbocycles. The van der Waals surface area contributed by atoms with Gasteiger partial charge in [-0.2, -0.15) is 5.10 Å². The van der Waals surface area contributed by atoms with Gasteiger partial charge < -0.3 is 10.1 Å². The van der Waals surface area contributed by atoms with E-state index in [-0.39, 0.29) is 11.9 Å². The number of rotatable bonds is 7. The minimum absolute atomic E-state index is 0.0239. The SMILES string of the molecule is CCCn1ncc(OC)c1C(Cc1cccc(F)c1)NC. The maximum Gasteiger partial charge on any atom is 0.161 e. The van der Waals surface area contributed by atoms with E-state index in [1.54, 1.807) is 25.4 Å². The van der Waals surface area contributed by atoms with E-state index in [2.05, 4.69) is 17.3 Å². The van der Waals surface area contributed by atoms with Gasteiger partial charge in [0.05, 0.1) is 25.0 Å². The normalized spacial score (nSPS) is 12.4. The highest BCUT2D eigenvalue weighted by molar-refractivity contribution is 5.30. The third-order valence-corrected chi connectivity index (χ3v) is 3.51. The van der Waals surface area contributed by atoms with Crippen LogP contribution in [0.3, 0.4) is 0 Å². The molecule has 1 aromatic heterocycles. The van der Waals surface area contributed by atoms with E-state index >= 15 is 0 Å². The number of halogens is 1. The Hall–Kier alpha value is -1.88. The van der Waals surface area contributed by atoms with E-state index in [4.69, 9.17) is 4.74 Å². The van der Waals surface area contributed by atoms with Gasteiger partial charge in [-0.25, -0.2) is 4.39 Å². The van der Waals surface area contributed by atoms with E-state index in [0.717, 1.165) is 30.0 Å². The van der Waals surface area contributed by atoms with Gasteiger partial charge in [0.15, 0.2) is 5.75 Å². The summed E-state index contributed by atoms with van der Waals surface area (Å²) in [6, 6.07) is 6.71. The smallest absolute Gasteiger partial charge is 0.161 e. The predicted molar refractivity (Wildman–Crippen MR) is 81.0 cm³/mol. The minimum Gasteiger partial charge on any atom is -0.493 e. The first-order valence-corrected chi connectivity index (χ1v) is 7.21. The van der Waals surface area contributed by atoms with Gasteiger partial charge in [-0.15, -0.1) is 0 Å². The van der Waals surface area contributed by atoms with E-state index in [9.17, 15) is 4.39 Å². The molecule has 0 aliphatic heterocycles. The fourth-order valence-corrected chi connectivity index (χ4v) is 2.51. The Morgan fingerprint density at radius 1 is 1.43 bits per heavy atom. The van der Waals surface area contributed by atoms with Crippen LogP contribution in [0.25, 0.3) is 0 Å². The molecule has 0 saturated heterocycles. The first-order valence-electron chi connectivity index (χ1n) is 7.21. The van der Waals surface area contributed by atoms with E-state index < -0.39 is 0 Å². The van der Waals surface area contributed by atoms with Crippen LogP contribution >= 0.6 is 0 Å². The van der Waals surface area contributed by atoms with Gasteiger partial charge >= 0.3 is 0 Å². The molecule has 1 atom stereocenters. The molecule has 2 aromatic rings. The summed E-state index contributed by atoms with van der Waals surface area (Å²) in [5, 5.41) is 7.66. The standard InChI is InChI=1S/C16H22FN3O/c1-4-8-20-16(15(21-3)11-19-20)14(18-2)10-12-6-5-7-13(17)9-12/h5-7,9,11,14,18H,4,8,10H2,1-3H3. The molecule has 2 rings (SSSR count). The highest BCUT2D eigenvalue weighted by atomic mass is 19.1. The summed E-state index contributed by atoms with van der Waals surface area (Å²) in [6.45, 7) is 2.94. The van der Waals surface area contributed by atoms with Crippen molar-refractivity contribution in [1.82, 2.24) is 15.1 Å². The molecule has 1 unspecified atom stereocenters. The molecule has 0 amide bonds. The number of nitrogens with zero attached hydrogens (tertiary/aromatic N) is 2. The molecule has 0 spiro atoms. The molecule has 5 heteroatoms. The molecule has 0 aliphatic carbocycles. The third kappa shape index (κ3) is 3.61. The number of ether oxygens (including phenoxy) is 1. The van der Waals surface area contributed by atoms with Crippen LogP contribution in [0.1, 0.15) is 30.6 Å². The van der Waals surface area contributed by atoms with Crippen molar-refractivity contribution in [2.24, 2.45) is 0 Å². The number of aryl methyl sites for hydroxylation is 1. The van der Waals surface area contributed by atoms with Gasteiger partial charge in [0.1, 0.15) is 5.82 Å². The maximum absolute atomic E-state index is 13.3. The number of hydrogen-bond donors (Lipinski definition) is 1. The van der Waals surface area contributed by atoms with Crippen molar-refractivity contribution in [2.45, 2.75) is 32.4 Å². The Labute approximate surface area is 124 Å². The first-order chi connectivity index (χ1) is 10.2. The second kappa shape index (κ2) is 7.22. The van der Waals surface area contributed by atoms with Gasteiger partial charge in [0.25, 0.3) is 0 Å². The van der Waals surface area contributed by atoms with Gasteiger partial charge in [-0.1, -0.05) is 19.1 Å². The number of nitrogens with one attached hydrogen (secondary N) is 1. The van der Waals surface area contributed by atoms with Gasteiger partial charge in [0.2, 0.25) is 0 Å². The summed E-state index contributed by atoms with van der Waals surface area (Å²) in [4.78, 5) is 0. The van der Waals surface area contributed by atoms with Crippen molar-refractivity contribution in [2.75, 3.05) is 14.2 Å². The zero-order chi connectivity index (χ0) is 15.2. The minimum atomic E-state index is -0.212. The van der Waals surface area contributed by atoms with Crippen LogP contribution in [-0.2, 0) is 13.0 Å². The topological polar surface area (TPSA) is 39.1 Å². The third-order valence-electron chi connectivity index (χ3n) is 3.51. The Balaban J connectivity index is 2.30. The lowest BCUT2D eigenvalue weighted by molar-refractivity contribution is 0.393. The Kier molecular flexibility index (Phi) is 5.33. The fraction of sp³-hybridized carbons (Fsp3) is 0.438. The van der Waals surface area contributed by atoms with Crippen molar-refractivity contribution in [3.8, 4) is 5.75 Å². The second-order valence-corrected chi connectivity index (χ2v) is 5.00. The lowest BCUT2D eigenvalue weighted by Gasteiger charge is -2.19. The summed E-state index contributed by atoms with van der Waals surface area (Å²) < 4.78 is 20.7. The summed E-state index contributed by atoms with van der Waals surface area (Å²) in [5.41, 5.74) is 1.95. The highest BCUT2D eigenvalue weighted by Gasteiger charge is 2.21. The largest absolute Gasteiger partial charge is 0.493 e. The van der Waals surface area contributed by atoms with E-state index in [1.807, 2.05) is 17.8 Å². The van der Waals surface area contributed by atoms with Crippen LogP contribution in [0.5, 0.6) is 5.75 Å². The van der Waals surface area contributed by atoms with Gasteiger partial charge in [0, 0.05) is 6.54 Å². The zero-order valence-corrected chi connectivity index (χ0v) is 12.8. The van der Waals surface area contributed by atoms with Crippen LogP contribution in [0.4, 0.5) is 4.39 Å². The average molecular weight is 291 g/mol. The molecule has 1 heterocycles. The summed E-state index contributed by atoms with van der Waals surface area (Å²) in [5.74, 6) is 0.551. The molecule has 114 valence electrons. The first kappa shape index (κ1) is 15.5. The molecular formula is C16H22FN3O. The van der Waals surface area contributed by atoms with Crippen molar-refractivity contribution in [3.05, 3.63) is 47.5 Å². The van der Waals surface area contributed by atoms with Crippen LogP contribution in [0.2, 0.25) is 0 Å². The number of likely N-dealkylation sites (N-methyl/N-ethyl adjacent to an activating group) is 1. The fourth-order valence-electron chi connectivity index (χ4n) is 2.51. The highest BCUT2D eigenvalue weighted by Crippen LogP contribution is 2.27. The van der Waals surface area contributed by atoms with E-state index in [0.29, 0.717) is 6.42 Å². The lowest BCUT2D eigenvalue weighted by Crippen LogP contribution is -2.23. The van der Waals surface area contributed by atoms with Crippen LogP contribution in [0, 0.1) is 5.82 Å². The molecule has 1 N–H and O–H groups in total.